The molecule has 2 aliphatic rings. The number of rotatable bonds is 3. The molecule has 0 saturated carbocycles. The molecule has 1 unspecified atom stereocenters. The highest BCUT2D eigenvalue weighted by Crippen LogP contribution is 2.36. The second kappa shape index (κ2) is 7.50. The Hall–Kier alpha value is -2.08. The Morgan fingerprint density at radius 1 is 1.22 bits per heavy atom. The molecule has 6 heteroatoms. The third-order valence-corrected chi connectivity index (χ3v) is 5.59. The molecule has 0 aliphatic carbocycles. The Labute approximate surface area is 161 Å². The van der Waals surface area contributed by atoms with Crippen molar-refractivity contribution < 1.29 is 14.3 Å². The minimum atomic E-state index is -0.550. The molecule has 2 heterocycles. The fourth-order valence-electron chi connectivity index (χ4n) is 3.85. The van der Waals surface area contributed by atoms with Crippen molar-refractivity contribution in [3.8, 4) is 5.75 Å². The van der Waals surface area contributed by atoms with Crippen LogP contribution in [0.5, 0.6) is 5.75 Å². The van der Waals surface area contributed by atoms with Crippen LogP contribution in [0.4, 0.5) is 0 Å². The van der Waals surface area contributed by atoms with E-state index in [9.17, 15) is 9.59 Å². The van der Waals surface area contributed by atoms with E-state index in [-0.39, 0.29) is 17.9 Å². The van der Waals surface area contributed by atoms with Crippen molar-refractivity contribution in [2.24, 2.45) is 0 Å². The van der Waals surface area contributed by atoms with E-state index in [1.54, 1.807) is 11.8 Å². The van der Waals surface area contributed by atoms with Gasteiger partial charge in [-0.05, 0) is 46.9 Å². The maximum Gasteiger partial charge on any atom is 0.258 e. The number of likely N-dealkylation sites (tertiary alicyclic amines) is 1. The number of amides is 2. The molecule has 3 rings (SSSR count). The van der Waals surface area contributed by atoms with Crippen LogP contribution in [0.2, 0.25) is 0 Å². The lowest BCUT2D eigenvalue weighted by atomic mass is 9.90. The van der Waals surface area contributed by atoms with Crippen LogP contribution in [0.15, 0.2) is 18.2 Å². The van der Waals surface area contributed by atoms with Crippen molar-refractivity contribution in [2.75, 3.05) is 26.7 Å². The third kappa shape index (κ3) is 4.10. The Balaban J connectivity index is 1.98. The zero-order valence-corrected chi connectivity index (χ0v) is 17.0. The van der Waals surface area contributed by atoms with Crippen molar-refractivity contribution in [1.82, 2.24) is 15.1 Å². The SMILES string of the molecule is Cc1ccc2c(c1)C(=O)N(C(C)C(=O)NC(C)C)CC1(CCN(C)CC1)O2. The normalized spacial score (nSPS) is 20.8. The second-order valence-electron chi connectivity index (χ2n) is 8.36. The van der Waals surface area contributed by atoms with Crippen molar-refractivity contribution in [3.63, 3.8) is 0 Å². The van der Waals surface area contributed by atoms with Gasteiger partial charge >= 0.3 is 0 Å². The minimum Gasteiger partial charge on any atom is -0.484 e. The monoisotopic (exact) mass is 373 g/mol. The summed E-state index contributed by atoms with van der Waals surface area (Å²) < 4.78 is 6.48. The molecule has 1 aromatic carbocycles. The van der Waals surface area contributed by atoms with Crippen LogP contribution < -0.4 is 10.1 Å². The van der Waals surface area contributed by atoms with E-state index in [0.29, 0.717) is 17.9 Å². The molecule has 1 saturated heterocycles. The summed E-state index contributed by atoms with van der Waals surface area (Å²) in [7, 11) is 2.10. The molecule has 6 nitrogen and oxygen atoms in total. The first-order valence-electron chi connectivity index (χ1n) is 9.80. The van der Waals surface area contributed by atoms with Crippen molar-refractivity contribution in [3.05, 3.63) is 29.3 Å². The third-order valence-electron chi connectivity index (χ3n) is 5.59. The predicted molar refractivity (Wildman–Crippen MR) is 105 cm³/mol. The van der Waals surface area contributed by atoms with Gasteiger partial charge in [-0.25, -0.2) is 0 Å². The first-order chi connectivity index (χ1) is 12.7. The van der Waals surface area contributed by atoms with Crippen LogP contribution in [0.3, 0.4) is 0 Å². The van der Waals surface area contributed by atoms with Crippen molar-refractivity contribution in [1.29, 1.82) is 0 Å². The standard InChI is InChI=1S/C21H31N3O3/c1-14(2)22-19(25)16(4)24-13-21(8-10-23(5)11-9-21)27-18-7-6-15(3)12-17(18)20(24)26/h6-7,12,14,16H,8-11,13H2,1-5H3,(H,22,25). The summed E-state index contributed by atoms with van der Waals surface area (Å²) in [4.78, 5) is 30.0. The molecule has 1 atom stereocenters. The molecule has 0 radical (unpaired) electrons. The van der Waals surface area contributed by atoms with Gasteiger partial charge in [-0.15, -0.1) is 0 Å². The first kappa shape index (κ1) is 19.7. The minimum absolute atomic E-state index is 0.0325. The van der Waals surface area contributed by atoms with Gasteiger partial charge in [0.05, 0.1) is 12.1 Å². The number of hydrogen-bond donors (Lipinski definition) is 1. The highest BCUT2D eigenvalue weighted by molar-refractivity contribution is 6.00. The molecular formula is C21H31N3O3. The van der Waals surface area contributed by atoms with E-state index in [1.807, 2.05) is 39.0 Å². The Bertz CT molecular complexity index is 723. The molecule has 1 aromatic rings. The number of carbonyl (C=O) groups is 2. The fraction of sp³-hybridized carbons (Fsp3) is 0.619. The number of nitrogens with zero attached hydrogens (tertiary/aromatic N) is 2. The summed E-state index contributed by atoms with van der Waals surface area (Å²) in [5.41, 5.74) is 1.11. The highest BCUT2D eigenvalue weighted by Gasteiger charge is 2.44. The molecular weight excluding hydrogens is 342 g/mol. The van der Waals surface area contributed by atoms with Gasteiger partial charge in [0.25, 0.3) is 5.91 Å². The molecule has 1 N–H and O–H groups in total. The van der Waals surface area contributed by atoms with Crippen LogP contribution in [-0.2, 0) is 4.79 Å². The van der Waals surface area contributed by atoms with E-state index in [1.165, 1.54) is 0 Å². The quantitative estimate of drug-likeness (QED) is 0.882. The lowest BCUT2D eigenvalue weighted by Gasteiger charge is -2.42. The van der Waals surface area contributed by atoms with E-state index in [0.717, 1.165) is 31.5 Å². The fourth-order valence-corrected chi connectivity index (χ4v) is 3.85. The second-order valence-corrected chi connectivity index (χ2v) is 8.36. The van der Waals surface area contributed by atoms with Crippen LogP contribution >= 0.6 is 0 Å². The Morgan fingerprint density at radius 3 is 2.52 bits per heavy atom. The van der Waals surface area contributed by atoms with Gasteiger partial charge in [0.2, 0.25) is 5.91 Å². The number of fused-ring (bicyclic) bond motifs is 1. The summed E-state index contributed by atoms with van der Waals surface area (Å²) in [5.74, 6) is 0.377. The van der Waals surface area contributed by atoms with E-state index < -0.39 is 11.6 Å². The summed E-state index contributed by atoms with van der Waals surface area (Å²) in [6.07, 6.45) is 1.66. The summed E-state index contributed by atoms with van der Waals surface area (Å²) in [6.45, 7) is 9.87. The molecule has 148 valence electrons. The van der Waals surface area contributed by atoms with E-state index >= 15 is 0 Å². The molecule has 1 fully saturated rings. The molecule has 0 bridgehead atoms. The number of hydrogen-bond acceptors (Lipinski definition) is 4. The number of ether oxygens (including phenoxy) is 1. The average molecular weight is 373 g/mol. The largest absolute Gasteiger partial charge is 0.484 e. The predicted octanol–water partition coefficient (Wildman–Crippen LogP) is 2.21. The Kier molecular flexibility index (Phi) is 5.47. The van der Waals surface area contributed by atoms with Crippen LogP contribution in [-0.4, -0.2) is 66.0 Å². The zero-order valence-electron chi connectivity index (χ0n) is 17.0. The van der Waals surface area contributed by atoms with Gasteiger partial charge in [0, 0.05) is 32.0 Å². The lowest BCUT2D eigenvalue weighted by molar-refractivity contribution is -0.126. The summed E-state index contributed by atoms with van der Waals surface area (Å²) in [6, 6.07) is 5.22. The van der Waals surface area contributed by atoms with Gasteiger partial charge in [-0.2, -0.15) is 0 Å². The zero-order chi connectivity index (χ0) is 19.8. The van der Waals surface area contributed by atoms with Crippen molar-refractivity contribution in [2.45, 2.75) is 58.2 Å². The average Bonchev–Trinajstić information content (AvgIpc) is 2.72. The maximum absolute atomic E-state index is 13.4. The first-order valence-corrected chi connectivity index (χ1v) is 9.80. The van der Waals surface area contributed by atoms with E-state index in [4.69, 9.17) is 4.74 Å². The van der Waals surface area contributed by atoms with Crippen LogP contribution in [0, 0.1) is 6.92 Å². The van der Waals surface area contributed by atoms with E-state index in [2.05, 4.69) is 17.3 Å². The molecule has 1 spiro atoms. The topological polar surface area (TPSA) is 61.9 Å². The number of piperidine rings is 1. The van der Waals surface area contributed by atoms with Gasteiger partial charge in [0.1, 0.15) is 17.4 Å². The van der Waals surface area contributed by atoms with Gasteiger partial charge in [-0.1, -0.05) is 11.6 Å². The van der Waals surface area contributed by atoms with Crippen LogP contribution in [0.25, 0.3) is 0 Å². The number of aryl methyl sites for hydroxylation is 1. The number of nitrogens with one attached hydrogen (secondary N) is 1. The maximum atomic E-state index is 13.4. The van der Waals surface area contributed by atoms with Gasteiger partial charge < -0.3 is 19.9 Å². The Morgan fingerprint density at radius 2 is 1.89 bits per heavy atom. The molecule has 2 aliphatic heterocycles. The van der Waals surface area contributed by atoms with Crippen LogP contribution in [0.1, 0.15) is 49.5 Å². The summed E-state index contributed by atoms with van der Waals surface area (Å²) >= 11 is 0. The molecule has 27 heavy (non-hydrogen) atoms. The smallest absolute Gasteiger partial charge is 0.258 e. The molecule has 2 amide bonds. The number of carbonyl (C=O) groups excluding carboxylic acids is 2. The van der Waals surface area contributed by atoms with Crippen molar-refractivity contribution >= 4 is 11.8 Å². The van der Waals surface area contributed by atoms with Gasteiger partial charge in [-0.3, -0.25) is 9.59 Å². The molecule has 0 aromatic heterocycles. The number of benzene rings is 1. The lowest BCUT2D eigenvalue weighted by Crippen LogP contribution is -2.57. The van der Waals surface area contributed by atoms with Gasteiger partial charge in [0.15, 0.2) is 0 Å². The highest BCUT2D eigenvalue weighted by atomic mass is 16.5. The summed E-state index contributed by atoms with van der Waals surface area (Å²) in [5, 5.41) is 2.93.